The Labute approximate surface area is 257 Å². The first-order valence-electron chi connectivity index (χ1n) is 14.0. The second-order valence-corrected chi connectivity index (χ2v) is 12.7. The third kappa shape index (κ3) is 5.89. The van der Waals surface area contributed by atoms with Gasteiger partial charge in [0, 0.05) is 50.9 Å². The summed E-state index contributed by atoms with van der Waals surface area (Å²) in [6.07, 6.45) is 1.74. The highest BCUT2D eigenvalue weighted by atomic mass is 32.2. The Hall–Kier alpha value is -5.08. The zero-order chi connectivity index (χ0) is 31.9. The molecule has 2 amide bonds. The van der Waals surface area contributed by atoms with Gasteiger partial charge in [-0.05, 0) is 61.6 Å². The molecule has 1 fully saturated rings. The van der Waals surface area contributed by atoms with Crippen LogP contribution in [0.25, 0.3) is 10.9 Å². The van der Waals surface area contributed by atoms with E-state index in [0.717, 1.165) is 25.2 Å². The number of halogens is 2. The van der Waals surface area contributed by atoms with E-state index in [1.54, 1.807) is 42.1 Å². The SMILES string of the molecule is CN1CCN(c2cccc(NC(=O)c3cccn3C)c2C(=O)Nc2n[nH]c3ccc(S(=O)(=O)c4cc(F)cc(F)c4)cc23)CC1. The molecule has 3 heterocycles. The van der Waals surface area contributed by atoms with E-state index in [1.807, 2.05) is 13.1 Å². The van der Waals surface area contributed by atoms with Gasteiger partial charge in [-0.3, -0.25) is 14.7 Å². The van der Waals surface area contributed by atoms with Crippen LogP contribution in [0.15, 0.2) is 82.7 Å². The zero-order valence-corrected chi connectivity index (χ0v) is 25.2. The highest BCUT2D eigenvalue weighted by Crippen LogP contribution is 2.32. The average molecular weight is 634 g/mol. The molecule has 45 heavy (non-hydrogen) atoms. The molecular weight excluding hydrogens is 604 g/mol. The van der Waals surface area contributed by atoms with E-state index in [-0.39, 0.29) is 27.4 Å². The van der Waals surface area contributed by atoms with Gasteiger partial charge in [0.05, 0.1) is 32.2 Å². The van der Waals surface area contributed by atoms with Crippen LogP contribution >= 0.6 is 0 Å². The number of sulfone groups is 1. The van der Waals surface area contributed by atoms with Crippen molar-refractivity contribution >= 4 is 49.7 Å². The Kier molecular flexibility index (Phi) is 7.85. The summed E-state index contributed by atoms with van der Waals surface area (Å²) in [5.41, 5.74) is 1.92. The van der Waals surface area contributed by atoms with E-state index in [1.165, 1.54) is 18.2 Å². The summed E-state index contributed by atoms with van der Waals surface area (Å²) >= 11 is 0. The fraction of sp³-hybridized carbons (Fsp3) is 0.194. The summed E-state index contributed by atoms with van der Waals surface area (Å²) in [7, 11) is -0.558. The number of hydrogen-bond donors (Lipinski definition) is 3. The molecule has 3 aromatic carbocycles. The van der Waals surface area contributed by atoms with E-state index >= 15 is 0 Å². The third-order valence-corrected chi connectivity index (χ3v) is 9.49. The van der Waals surface area contributed by atoms with Gasteiger partial charge in [0.15, 0.2) is 5.82 Å². The van der Waals surface area contributed by atoms with Gasteiger partial charge >= 0.3 is 0 Å². The van der Waals surface area contributed by atoms with Crippen molar-refractivity contribution in [3.8, 4) is 0 Å². The van der Waals surface area contributed by atoms with Crippen molar-refractivity contribution in [2.24, 2.45) is 7.05 Å². The van der Waals surface area contributed by atoms with Crippen LogP contribution in [0.3, 0.4) is 0 Å². The molecule has 1 saturated heterocycles. The van der Waals surface area contributed by atoms with Crippen molar-refractivity contribution < 1.29 is 26.8 Å². The van der Waals surface area contributed by atoms with Gasteiger partial charge in [-0.1, -0.05) is 6.07 Å². The van der Waals surface area contributed by atoms with Crippen molar-refractivity contribution in [3.05, 3.63) is 95.8 Å². The van der Waals surface area contributed by atoms with E-state index in [0.29, 0.717) is 36.1 Å². The maximum Gasteiger partial charge on any atom is 0.272 e. The molecule has 11 nitrogen and oxygen atoms in total. The first kappa shape index (κ1) is 30.0. The van der Waals surface area contributed by atoms with Gasteiger partial charge in [-0.25, -0.2) is 17.2 Å². The quantitative estimate of drug-likeness (QED) is 0.244. The molecule has 5 aromatic rings. The molecule has 1 aliphatic heterocycles. The maximum atomic E-state index is 14.1. The number of amides is 2. The number of carbonyl (C=O) groups is 2. The second-order valence-electron chi connectivity index (χ2n) is 10.8. The van der Waals surface area contributed by atoms with Crippen molar-refractivity contribution in [2.45, 2.75) is 9.79 Å². The minimum atomic E-state index is -4.32. The van der Waals surface area contributed by atoms with Crippen LogP contribution in [0.4, 0.5) is 26.0 Å². The van der Waals surface area contributed by atoms with Crippen LogP contribution in [0.2, 0.25) is 0 Å². The van der Waals surface area contributed by atoms with Crippen molar-refractivity contribution in [2.75, 3.05) is 48.8 Å². The number of carbonyl (C=O) groups excluding carboxylic acids is 2. The van der Waals surface area contributed by atoms with Gasteiger partial charge in [-0.2, -0.15) is 5.10 Å². The zero-order valence-electron chi connectivity index (χ0n) is 24.3. The molecule has 0 radical (unpaired) electrons. The molecule has 3 N–H and O–H groups in total. The summed E-state index contributed by atoms with van der Waals surface area (Å²) in [5.74, 6) is -3.01. The predicted molar refractivity (Wildman–Crippen MR) is 165 cm³/mol. The van der Waals surface area contributed by atoms with Crippen LogP contribution in [-0.4, -0.2) is 73.1 Å². The van der Waals surface area contributed by atoms with Gasteiger partial charge < -0.3 is 25.0 Å². The Balaban J connectivity index is 1.37. The number of aromatic nitrogens is 3. The average Bonchev–Trinajstić information content (AvgIpc) is 3.62. The Morgan fingerprint density at radius 2 is 1.58 bits per heavy atom. The van der Waals surface area contributed by atoms with Gasteiger partial charge in [0.25, 0.3) is 11.8 Å². The van der Waals surface area contributed by atoms with E-state index < -0.39 is 38.2 Å². The number of aromatic amines is 1. The number of nitrogens with zero attached hydrogens (tertiary/aromatic N) is 4. The molecule has 14 heteroatoms. The fourth-order valence-corrected chi connectivity index (χ4v) is 6.65. The van der Waals surface area contributed by atoms with Crippen molar-refractivity contribution in [3.63, 3.8) is 0 Å². The normalized spacial score (nSPS) is 14.1. The number of nitrogens with one attached hydrogen (secondary N) is 3. The number of rotatable bonds is 7. The molecular formula is C31H29F2N7O4S. The molecule has 6 rings (SSSR count). The fourth-order valence-electron chi connectivity index (χ4n) is 5.32. The third-order valence-electron chi connectivity index (χ3n) is 7.76. The molecule has 0 spiro atoms. The van der Waals surface area contributed by atoms with Crippen LogP contribution in [0.5, 0.6) is 0 Å². The number of fused-ring (bicyclic) bond motifs is 1. The Bertz CT molecular complexity index is 2030. The largest absolute Gasteiger partial charge is 0.368 e. The lowest BCUT2D eigenvalue weighted by Crippen LogP contribution is -2.45. The first-order valence-corrected chi connectivity index (χ1v) is 15.5. The second kappa shape index (κ2) is 11.8. The van der Waals surface area contributed by atoms with Crippen LogP contribution in [0, 0.1) is 11.6 Å². The van der Waals surface area contributed by atoms with E-state index in [9.17, 15) is 26.8 Å². The summed E-state index contributed by atoms with van der Waals surface area (Å²) in [4.78, 5) is 30.7. The van der Waals surface area contributed by atoms with Crippen LogP contribution in [-0.2, 0) is 16.9 Å². The van der Waals surface area contributed by atoms with Crippen LogP contribution < -0.4 is 15.5 Å². The molecule has 232 valence electrons. The summed E-state index contributed by atoms with van der Waals surface area (Å²) in [6.45, 7) is 2.85. The molecule has 2 aromatic heterocycles. The van der Waals surface area contributed by atoms with Gasteiger partial charge in [0.1, 0.15) is 17.3 Å². The molecule has 0 unspecified atom stereocenters. The van der Waals surface area contributed by atoms with E-state index in [4.69, 9.17) is 0 Å². The lowest BCUT2D eigenvalue weighted by atomic mass is 10.1. The highest BCUT2D eigenvalue weighted by molar-refractivity contribution is 7.91. The van der Waals surface area contributed by atoms with Gasteiger partial charge in [0.2, 0.25) is 9.84 Å². The highest BCUT2D eigenvalue weighted by Gasteiger charge is 2.26. The molecule has 1 aliphatic rings. The number of likely N-dealkylation sites (N-methyl/N-ethyl adjacent to an activating group) is 1. The monoisotopic (exact) mass is 633 g/mol. The molecule has 0 bridgehead atoms. The molecule has 0 saturated carbocycles. The summed E-state index contributed by atoms with van der Waals surface area (Å²) < 4.78 is 55.9. The number of anilines is 3. The minimum Gasteiger partial charge on any atom is -0.368 e. The number of aryl methyl sites for hydroxylation is 1. The predicted octanol–water partition coefficient (Wildman–Crippen LogP) is 4.27. The number of piperazine rings is 1. The first-order chi connectivity index (χ1) is 21.5. The number of benzene rings is 3. The molecule has 0 aliphatic carbocycles. The van der Waals surface area contributed by atoms with Crippen molar-refractivity contribution in [1.29, 1.82) is 0 Å². The van der Waals surface area contributed by atoms with E-state index in [2.05, 4.69) is 30.6 Å². The Morgan fingerprint density at radius 3 is 2.27 bits per heavy atom. The van der Waals surface area contributed by atoms with Gasteiger partial charge in [-0.15, -0.1) is 0 Å². The smallest absolute Gasteiger partial charge is 0.272 e. The number of H-pyrrole nitrogens is 1. The lowest BCUT2D eigenvalue weighted by molar-refractivity contribution is 0.101. The van der Waals surface area contributed by atoms with Crippen molar-refractivity contribution in [1.82, 2.24) is 19.7 Å². The standard InChI is InChI=1S/C31H29F2N7O4S/c1-38-11-13-40(14-12-38)26-6-3-5-25(34-30(41)27-7-4-10-39(27)2)28(26)31(42)35-29-23-18-21(8-9-24(23)36-37-29)45(43,44)22-16-19(32)15-20(33)17-22/h3-10,15-18H,11-14H2,1-2H3,(H,34,41)(H2,35,36,37,42). The minimum absolute atomic E-state index is 0.0327. The molecule has 0 atom stereocenters. The topological polar surface area (TPSA) is 132 Å². The lowest BCUT2D eigenvalue weighted by Gasteiger charge is -2.35. The maximum absolute atomic E-state index is 14.1. The summed E-state index contributed by atoms with van der Waals surface area (Å²) in [5, 5.41) is 12.9. The van der Waals surface area contributed by atoms with Crippen LogP contribution in [0.1, 0.15) is 20.8 Å². The Morgan fingerprint density at radius 1 is 0.844 bits per heavy atom. The number of hydrogen-bond acceptors (Lipinski definition) is 7. The summed E-state index contributed by atoms with van der Waals surface area (Å²) in [6, 6.07) is 14.7.